The van der Waals surface area contributed by atoms with Crippen molar-refractivity contribution in [1.82, 2.24) is 10.3 Å². The van der Waals surface area contributed by atoms with Gasteiger partial charge in [-0.1, -0.05) is 24.6 Å². The normalized spacial score (nSPS) is 12.2. The van der Waals surface area contributed by atoms with Gasteiger partial charge in [0.15, 0.2) is 0 Å². The molecule has 21 heavy (non-hydrogen) atoms. The van der Waals surface area contributed by atoms with Crippen LogP contribution in [0.2, 0.25) is 5.02 Å². The number of ether oxygens (including phenoxy) is 1. The number of hydrogen-bond donors (Lipinski definition) is 1. The molecule has 3 nitrogen and oxygen atoms in total. The lowest BCUT2D eigenvalue weighted by atomic mass is 10.00. The molecule has 112 valence electrons. The summed E-state index contributed by atoms with van der Waals surface area (Å²) in [5.74, 6) is 0.339. The van der Waals surface area contributed by atoms with Crippen molar-refractivity contribution in [1.29, 1.82) is 0 Å². The minimum Gasteiger partial charge on any atom is -0.492 e. The quantitative estimate of drug-likeness (QED) is 0.876. The zero-order valence-corrected chi connectivity index (χ0v) is 12.8. The van der Waals surface area contributed by atoms with E-state index in [1.807, 2.05) is 13.0 Å². The first-order valence-corrected chi connectivity index (χ1v) is 7.23. The summed E-state index contributed by atoms with van der Waals surface area (Å²) in [6, 6.07) is 6.23. The SMILES string of the molecule is CCCOc1cncc(C(NC)c2ccc(Cl)cc2F)c1. The maximum atomic E-state index is 14.1. The molecule has 1 N–H and O–H groups in total. The second-order valence-electron chi connectivity index (χ2n) is 4.69. The van der Waals surface area contributed by atoms with Crippen LogP contribution in [0.1, 0.15) is 30.5 Å². The molecule has 1 atom stereocenters. The summed E-state index contributed by atoms with van der Waals surface area (Å²) in [6.45, 7) is 2.67. The Labute approximate surface area is 129 Å². The van der Waals surface area contributed by atoms with Crippen LogP contribution in [0.25, 0.3) is 0 Å². The highest BCUT2D eigenvalue weighted by Crippen LogP contribution is 2.27. The van der Waals surface area contributed by atoms with E-state index in [0.717, 1.165) is 12.0 Å². The van der Waals surface area contributed by atoms with Gasteiger partial charge in [-0.2, -0.15) is 0 Å². The molecule has 0 saturated carbocycles. The third-order valence-electron chi connectivity index (χ3n) is 3.10. The minimum atomic E-state index is -0.346. The molecule has 0 aliphatic rings. The van der Waals surface area contributed by atoms with E-state index in [0.29, 0.717) is 22.9 Å². The molecule has 0 bridgehead atoms. The Morgan fingerprint density at radius 1 is 1.33 bits per heavy atom. The summed E-state index contributed by atoms with van der Waals surface area (Å²) in [4.78, 5) is 4.17. The molecule has 0 amide bonds. The average Bonchev–Trinajstić information content (AvgIpc) is 2.48. The van der Waals surface area contributed by atoms with Crippen LogP contribution in [0.4, 0.5) is 4.39 Å². The standard InChI is InChI=1S/C16H18ClFN2O/c1-3-6-21-13-7-11(9-20-10-13)16(19-2)14-5-4-12(17)8-15(14)18/h4-5,7-10,16,19H,3,6H2,1-2H3. The van der Waals surface area contributed by atoms with Gasteiger partial charge in [-0.3, -0.25) is 4.98 Å². The first kappa shape index (κ1) is 15.7. The molecular weight excluding hydrogens is 291 g/mol. The number of halogens is 2. The Hall–Kier alpha value is -1.65. The van der Waals surface area contributed by atoms with E-state index in [1.54, 1.807) is 31.6 Å². The molecule has 0 radical (unpaired) electrons. The maximum absolute atomic E-state index is 14.1. The van der Waals surface area contributed by atoms with Crippen LogP contribution < -0.4 is 10.1 Å². The van der Waals surface area contributed by atoms with Crippen molar-refractivity contribution in [2.75, 3.05) is 13.7 Å². The number of benzene rings is 1. The summed E-state index contributed by atoms with van der Waals surface area (Å²) in [7, 11) is 1.78. The molecule has 2 aromatic rings. The fourth-order valence-corrected chi connectivity index (χ4v) is 2.29. The highest BCUT2D eigenvalue weighted by molar-refractivity contribution is 6.30. The van der Waals surface area contributed by atoms with Gasteiger partial charge in [0, 0.05) is 16.8 Å². The van der Waals surface area contributed by atoms with Crippen LogP contribution in [-0.4, -0.2) is 18.6 Å². The minimum absolute atomic E-state index is 0.306. The van der Waals surface area contributed by atoms with Gasteiger partial charge in [-0.25, -0.2) is 4.39 Å². The van der Waals surface area contributed by atoms with Crippen molar-refractivity contribution >= 4 is 11.6 Å². The molecule has 1 aromatic carbocycles. The fourth-order valence-electron chi connectivity index (χ4n) is 2.13. The monoisotopic (exact) mass is 308 g/mol. The lowest BCUT2D eigenvalue weighted by Gasteiger charge is -2.18. The highest BCUT2D eigenvalue weighted by Gasteiger charge is 2.17. The van der Waals surface area contributed by atoms with Crippen molar-refractivity contribution in [3.05, 3.63) is 58.6 Å². The van der Waals surface area contributed by atoms with Gasteiger partial charge in [0.05, 0.1) is 18.8 Å². The summed E-state index contributed by atoms with van der Waals surface area (Å²) in [6.07, 6.45) is 4.28. The summed E-state index contributed by atoms with van der Waals surface area (Å²) >= 11 is 5.80. The van der Waals surface area contributed by atoms with E-state index in [4.69, 9.17) is 16.3 Å². The van der Waals surface area contributed by atoms with Gasteiger partial charge < -0.3 is 10.1 Å². The average molecular weight is 309 g/mol. The molecule has 1 heterocycles. The third-order valence-corrected chi connectivity index (χ3v) is 3.34. The molecule has 2 rings (SSSR count). The summed E-state index contributed by atoms with van der Waals surface area (Å²) in [5.41, 5.74) is 1.36. The lowest BCUT2D eigenvalue weighted by molar-refractivity contribution is 0.315. The van der Waals surface area contributed by atoms with Gasteiger partial charge in [0.2, 0.25) is 0 Å². The number of nitrogens with zero attached hydrogens (tertiary/aromatic N) is 1. The third kappa shape index (κ3) is 3.93. The molecule has 1 aromatic heterocycles. The van der Waals surface area contributed by atoms with Gasteiger partial charge in [-0.05, 0) is 37.2 Å². The van der Waals surface area contributed by atoms with Crippen LogP contribution in [0.3, 0.4) is 0 Å². The van der Waals surface area contributed by atoms with E-state index >= 15 is 0 Å². The molecule has 0 aliphatic carbocycles. The molecule has 5 heteroatoms. The second-order valence-corrected chi connectivity index (χ2v) is 5.13. The zero-order chi connectivity index (χ0) is 15.2. The van der Waals surface area contributed by atoms with Gasteiger partial charge in [-0.15, -0.1) is 0 Å². The first-order valence-electron chi connectivity index (χ1n) is 6.85. The van der Waals surface area contributed by atoms with Crippen LogP contribution in [0.15, 0.2) is 36.7 Å². The molecule has 0 saturated heterocycles. The fraction of sp³-hybridized carbons (Fsp3) is 0.312. The molecular formula is C16H18ClFN2O. The predicted octanol–water partition coefficient (Wildman–Crippen LogP) is 3.97. The first-order chi connectivity index (χ1) is 10.2. The Morgan fingerprint density at radius 3 is 2.81 bits per heavy atom. The summed E-state index contributed by atoms with van der Waals surface area (Å²) < 4.78 is 19.7. The van der Waals surface area contributed by atoms with Crippen molar-refractivity contribution in [3.63, 3.8) is 0 Å². The number of nitrogens with one attached hydrogen (secondary N) is 1. The lowest BCUT2D eigenvalue weighted by Crippen LogP contribution is -2.19. The topological polar surface area (TPSA) is 34.1 Å². The van der Waals surface area contributed by atoms with E-state index in [9.17, 15) is 4.39 Å². The zero-order valence-electron chi connectivity index (χ0n) is 12.1. The number of pyridine rings is 1. The van der Waals surface area contributed by atoms with E-state index in [-0.39, 0.29) is 11.9 Å². The molecule has 0 aliphatic heterocycles. The van der Waals surface area contributed by atoms with Crippen LogP contribution in [0, 0.1) is 5.82 Å². The Balaban J connectivity index is 2.32. The number of hydrogen-bond acceptors (Lipinski definition) is 3. The largest absolute Gasteiger partial charge is 0.492 e. The van der Waals surface area contributed by atoms with E-state index in [1.165, 1.54) is 6.07 Å². The van der Waals surface area contributed by atoms with E-state index in [2.05, 4.69) is 10.3 Å². The Morgan fingerprint density at radius 2 is 2.14 bits per heavy atom. The van der Waals surface area contributed by atoms with Crippen molar-refractivity contribution in [3.8, 4) is 5.75 Å². The summed E-state index contributed by atoms with van der Waals surface area (Å²) in [5, 5.41) is 3.48. The van der Waals surface area contributed by atoms with Gasteiger partial charge >= 0.3 is 0 Å². The molecule has 0 spiro atoms. The van der Waals surface area contributed by atoms with Crippen molar-refractivity contribution < 1.29 is 9.13 Å². The van der Waals surface area contributed by atoms with Crippen LogP contribution in [0.5, 0.6) is 5.75 Å². The number of rotatable bonds is 6. The van der Waals surface area contributed by atoms with Crippen molar-refractivity contribution in [2.45, 2.75) is 19.4 Å². The smallest absolute Gasteiger partial charge is 0.137 e. The number of aromatic nitrogens is 1. The van der Waals surface area contributed by atoms with Gasteiger partial charge in [0.1, 0.15) is 11.6 Å². The Kier molecular flexibility index (Phi) is 5.53. The highest BCUT2D eigenvalue weighted by atomic mass is 35.5. The predicted molar refractivity (Wildman–Crippen MR) is 82.3 cm³/mol. The van der Waals surface area contributed by atoms with Crippen LogP contribution in [-0.2, 0) is 0 Å². The van der Waals surface area contributed by atoms with Crippen LogP contribution >= 0.6 is 11.6 Å². The maximum Gasteiger partial charge on any atom is 0.137 e. The second kappa shape index (κ2) is 7.38. The Bertz CT molecular complexity index is 607. The molecule has 0 fully saturated rings. The molecule has 1 unspecified atom stereocenters. The van der Waals surface area contributed by atoms with Crippen molar-refractivity contribution in [2.24, 2.45) is 0 Å². The van der Waals surface area contributed by atoms with E-state index < -0.39 is 0 Å². The van der Waals surface area contributed by atoms with Gasteiger partial charge in [0.25, 0.3) is 0 Å².